The van der Waals surface area contributed by atoms with Crippen molar-refractivity contribution < 1.29 is 14.5 Å². The molecule has 1 unspecified atom stereocenters. The van der Waals surface area contributed by atoms with Crippen LogP contribution in [0.25, 0.3) is 6.08 Å². The van der Waals surface area contributed by atoms with Gasteiger partial charge in [0.2, 0.25) is 0 Å². The fourth-order valence-corrected chi connectivity index (χ4v) is 3.05. The van der Waals surface area contributed by atoms with Gasteiger partial charge in [0, 0.05) is 29.5 Å². The Bertz CT molecular complexity index is 1060. The van der Waals surface area contributed by atoms with E-state index in [1.165, 1.54) is 24.3 Å². The van der Waals surface area contributed by atoms with Crippen LogP contribution in [0.4, 0.5) is 5.69 Å². The summed E-state index contributed by atoms with van der Waals surface area (Å²) in [6.45, 7) is 4.16. The van der Waals surface area contributed by atoms with Crippen LogP contribution in [0, 0.1) is 29.9 Å². The van der Waals surface area contributed by atoms with Crippen LogP contribution in [0.15, 0.2) is 41.4 Å². The van der Waals surface area contributed by atoms with Crippen molar-refractivity contribution in [2.75, 3.05) is 6.54 Å². The van der Waals surface area contributed by atoms with E-state index in [1.807, 2.05) is 32.1 Å². The lowest BCUT2D eigenvalue weighted by Crippen LogP contribution is -2.38. The van der Waals surface area contributed by atoms with Gasteiger partial charge < -0.3 is 5.32 Å². The molecular weight excluding hydrogens is 346 g/mol. The third-order valence-electron chi connectivity index (χ3n) is 4.60. The zero-order valence-corrected chi connectivity index (χ0v) is 15.1. The summed E-state index contributed by atoms with van der Waals surface area (Å²) in [5, 5.41) is 15.2. The molecule has 3 rings (SSSR count). The molecule has 2 amide bonds. The maximum absolute atomic E-state index is 12.3. The van der Waals surface area contributed by atoms with E-state index in [9.17, 15) is 19.7 Å². The molecule has 0 aliphatic carbocycles. The standard InChI is InChI=1S/C20H19N3O4/c1-12-6-7-13(2)18-17(12)11-15(20(25)22-18)8-9-21-19(24)14-4-3-5-16(10-14)23(26)27/h3-7,10-11,15H,8-9H2,1-2H3,(H,21,24). The smallest absolute Gasteiger partial charge is 0.270 e. The Morgan fingerprint density at radius 2 is 1.96 bits per heavy atom. The molecule has 1 atom stereocenters. The summed E-state index contributed by atoms with van der Waals surface area (Å²) in [4.78, 5) is 39.0. The van der Waals surface area contributed by atoms with Gasteiger partial charge in [-0.3, -0.25) is 19.7 Å². The number of amides is 2. The third-order valence-corrected chi connectivity index (χ3v) is 4.60. The highest BCUT2D eigenvalue weighted by atomic mass is 16.6. The van der Waals surface area contributed by atoms with Crippen molar-refractivity contribution >= 4 is 23.6 Å². The minimum Gasteiger partial charge on any atom is -0.352 e. The van der Waals surface area contributed by atoms with Gasteiger partial charge in [-0.25, -0.2) is 4.99 Å². The van der Waals surface area contributed by atoms with Crippen LogP contribution >= 0.6 is 0 Å². The van der Waals surface area contributed by atoms with Gasteiger partial charge in [-0.2, -0.15) is 0 Å². The molecule has 1 heterocycles. The number of non-ortho nitro benzene ring substituents is 1. The van der Waals surface area contributed by atoms with E-state index in [-0.39, 0.29) is 23.7 Å². The van der Waals surface area contributed by atoms with Gasteiger partial charge in [-0.05, 0) is 37.5 Å². The lowest BCUT2D eigenvalue weighted by Gasteiger charge is -2.14. The predicted octanol–water partition coefficient (Wildman–Crippen LogP) is 1.59. The molecule has 0 spiro atoms. The normalized spacial score (nSPS) is 15.3. The Morgan fingerprint density at radius 3 is 2.70 bits per heavy atom. The van der Waals surface area contributed by atoms with E-state index in [0.29, 0.717) is 6.42 Å². The van der Waals surface area contributed by atoms with Crippen LogP contribution in [0.2, 0.25) is 0 Å². The van der Waals surface area contributed by atoms with Gasteiger partial charge >= 0.3 is 0 Å². The molecule has 1 N–H and O–H groups in total. The second-order valence-electron chi connectivity index (χ2n) is 6.54. The van der Waals surface area contributed by atoms with Crippen molar-refractivity contribution in [3.63, 3.8) is 0 Å². The first kappa shape index (κ1) is 18.4. The van der Waals surface area contributed by atoms with Gasteiger partial charge in [0.25, 0.3) is 17.5 Å². The number of benzene rings is 2. The molecule has 0 aromatic heterocycles. The van der Waals surface area contributed by atoms with Crippen molar-refractivity contribution in [1.29, 1.82) is 0 Å². The Balaban J connectivity index is 1.69. The first-order valence-corrected chi connectivity index (χ1v) is 8.60. The molecule has 138 valence electrons. The first-order chi connectivity index (χ1) is 12.9. The fourth-order valence-electron chi connectivity index (χ4n) is 3.05. The molecule has 0 bridgehead atoms. The molecule has 0 fully saturated rings. The highest BCUT2D eigenvalue weighted by molar-refractivity contribution is 5.94. The number of nitrogens with zero attached hydrogens (tertiary/aromatic N) is 2. The molecule has 2 aromatic rings. The minimum atomic E-state index is -0.546. The summed E-state index contributed by atoms with van der Waals surface area (Å²) in [6.07, 6.45) is 2.32. The number of carbonyl (C=O) groups is 2. The molecule has 1 aliphatic heterocycles. The van der Waals surface area contributed by atoms with Gasteiger partial charge in [-0.15, -0.1) is 0 Å². The quantitative estimate of drug-likeness (QED) is 0.642. The zero-order valence-electron chi connectivity index (χ0n) is 15.1. The summed E-state index contributed by atoms with van der Waals surface area (Å²) in [6, 6.07) is 9.47. The highest BCUT2D eigenvalue weighted by Crippen LogP contribution is 2.14. The van der Waals surface area contributed by atoms with Crippen LogP contribution in [-0.2, 0) is 4.79 Å². The third kappa shape index (κ3) is 3.92. The van der Waals surface area contributed by atoms with E-state index in [0.717, 1.165) is 21.7 Å². The van der Waals surface area contributed by atoms with E-state index in [2.05, 4.69) is 10.3 Å². The number of nitrogens with one attached hydrogen (secondary N) is 1. The molecule has 1 aliphatic rings. The zero-order chi connectivity index (χ0) is 19.6. The molecule has 2 aromatic carbocycles. The van der Waals surface area contributed by atoms with Crippen molar-refractivity contribution in [3.8, 4) is 0 Å². The molecule has 0 radical (unpaired) electrons. The average Bonchev–Trinajstić information content (AvgIpc) is 2.65. The maximum Gasteiger partial charge on any atom is 0.270 e. The van der Waals surface area contributed by atoms with Crippen molar-refractivity contribution in [3.05, 3.63) is 73.8 Å². The Morgan fingerprint density at radius 1 is 1.22 bits per heavy atom. The van der Waals surface area contributed by atoms with Crippen molar-refractivity contribution in [2.24, 2.45) is 10.9 Å². The van der Waals surface area contributed by atoms with E-state index in [1.54, 1.807) is 0 Å². The van der Waals surface area contributed by atoms with Gasteiger partial charge in [0.15, 0.2) is 0 Å². The average molecular weight is 365 g/mol. The predicted molar refractivity (Wildman–Crippen MR) is 99.7 cm³/mol. The Hall–Kier alpha value is -3.35. The van der Waals surface area contributed by atoms with Gasteiger partial charge in [0.05, 0.1) is 16.2 Å². The summed E-state index contributed by atoms with van der Waals surface area (Å²) in [5.74, 6) is -1.03. The van der Waals surface area contributed by atoms with E-state index >= 15 is 0 Å². The van der Waals surface area contributed by atoms with Gasteiger partial charge in [0.1, 0.15) is 0 Å². The van der Waals surface area contributed by atoms with Crippen LogP contribution in [0.5, 0.6) is 0 Å². The number of hydrogen-bond acceptors (Lipinski definition) is 4. The molecule has 27 heavy (non-hydrogen) atoms. The molecule has 7 heteroatoms. The Labute approximate surface area is 155 Å². The molecule has 0 saturated heterocycles. The van der Waals surface area contributed by atoms with Crippen LogP contribution in [0.3, 0.4) is 0 Å². The lowest BCUT2D eigenvalue weighted by molar-refractivity contribution is -0.384. The monoisotopic (exact) mass is 365 g/mol. The first-order valence-electron chi connectivity index (χ1n) is 8.60. The second-order valence-corrected chi connectivity index (χ2v) is 6.54. The Kier molecular flexibility index (Phi) is 5.12. The molecule has 7 nitrogen and oxygen atoms in total. The summed E-state index contributed by atoms with van der Waals surface area (Å²) in [7, 11) is 0. The summed E-state index contributed by atoms with van der Waals surface area (Å²) < 4.78 is 0. The number of fused-ring (bicyclic) bond motifs is 1. The van der Waals surface area contributed by atoms with Crippen LogP contribution in [0.1, 0.15) is 27.9 Å². The SMILES string of the molecule is Cc1ccc(C)c2c1=CC(CCNC(=O)c1cccc([N+](=O)[O-])c1)C(=O)N=2. The maximum atomic E-state index is 12.3. The number of aryl methyl sites for hydroxylation is 2. The van der Waals surface area contributed by atoms with Crippen molar-refractivity contribution in [2.45, 2.75) is 20.3 Å². The van der Waals surface area contributed by atoms with E-state index in [4.69, 9.17) is 0 Å². The van der Waals surface area contributed by atoms with Gasteiger partial charge in [-0.1, -0.05) is 24.3 Å². The van der Waals surface area contributed by atoms with E-state index < -0.39 is 16.7 Å². The topological polar surface area (TPSA) is 102 Å². The van der Waals surface area contributed by atoms with Crippen molar-refractivity contribution in [1.82, 2.24) is 5.32 Å². The second kappa shape index (κ2) is 7.49. The largest absolute Gasteiger partial charge is 0.352 e. The lowest BCUT2D eigenvalue weighted by atomic mass is 9.97. The molecular formula is C20H19N3O4. The summed E-state index contributed by atoms with van der Waals surface area (Å²) >= 11 is 0. The molecule has 0 saturated carbocycles. The highest BCUT2D eigenvalue weighted by Gasteiger charge is 2.20. The number of nitro groups is 1. The number of rotatable bonds is 5. The van der Waals surface area contributed by atoms with Crippen LogP contribution < -0.4 is 15.9 Å². The fraction of sp³-hybridized carbons (Fsp3) is 0.250. The number of hydrogen-bond donors (Lipinski definition) is 1. The van der Waals surface area contributed by atoms with Crippen LogP contribution in [-0.4, -0.2) is 23.3 Å². The summed E-state index contributed by atoms with van der Waals surface area (Å²) in [5.41, 5.74) is 2.08. The number of nitro benzene ring substituents is 1. The number of carbonyl (C=O) groups excluding carboxylic acids is 2. The minimum absolute atomic E-state index is 0.139.